The van der Waals surface area contributed by atoms with E-state index in [0.717, 1.165) is 37.3 Å². The summed E-state index contributed by atoms with van der Waals surface area (Å²) in [4.78, 5) is 11.9. The van der Waals surface area contributed by atoms with Gasteiger partial charge in [0.25, 0.3) is 0 Å². The molecule has 3 N–H and O–H groups in total. The monoisotopic (exact) mass is 244 g/mol. The van der Waals surface area contributed by atoms with Crippen LogP contribution in [0.4, 0.5) is 0 Å². The Hall–Kier alpha value is -0.260. The Morgan fingerprint density at radius 3 is 3.00 bits per heavy atom. The van der Waals surface area contributed by atoms with Crippen molar-refractivity contribution in [2.24, 2.45) is 0 Å². The van der Waals surface area contributed by atoms with Gasteiger partial charge in [-0.15, -0.1) is 0 Å². The zero-order valence-corrected chi connectivity index (χ0v) is 10.3. The molecule has 5 heteroatoms. The number of rotatable bonds is 2. The summed E-state index contributed by atoms with van der Waals surface area (Å²) in [5.74, 6) is 2.05. The van der Waals surface area contributed by atoms with Crippen LogP contribution in [0.1, 0.15) is 25.7 Å². The molecule has 1 aliphatic carbocycles. The normalized spacial score (nSPS) is 35.7. The molecular weight excluding hydrogens is 224 g/mol. The number of thioether (sulfide) groups is 1. The third-order valence-electron chi connectivity index (χ3n) is 3.23. The first kappa shape index (κ1) is 12.2. The quantitative estimate of drug-likeness (QED) is 0.645. The summed E-state index contributed by atoms with van der Waals surface area (Å²) in [5.41, 5.74) is 0. The van der Waals surface area contributed by atoms with Crippen molar-refractivity contribution in [3.8, 4) is 0 Å². The summed E-state index contributed by atoms with van der Waals surface area (Å²) in [5, 5.41) is 15.8. The van der Waals surface area contributed by atoms with Gasteiger partial charge in [0.1, 0.15) is 0 Å². The number of carbonyl (C=O) groups is 1. The highest BCUT2D eigenvalue weighted by Crippen LogP contribution is 2.18. The van der Waals surface area contributed by atoms with Gasteiger partial charge < -0.3 is 15.7 Å². The van der Waals surface area contributed by atoms with Gasteiger partial charge in [0.15, 0.2) is 0 Å². The number of aliphatic hydroxyl groups is 1. The molecule has 2 fully saturated rings. The Bertz CT molecular complexity index is 244. The highest BCUT2D eigenvalue weighted by Gasteiger charge is 2.26. The zero-order valence-electron chi connectivity index (χ0n) is 9.45. The van der Waals surface area contributed by atoms with Crippen molar-refractivity contribution < 1.29 is 9.90 Å². The number of hydrogen-bond donors (Lipinski definition) is 3. The van der Waals surface area contributed by atoms with Crippen LogP contribution < -0.4 is 10.6 Å². The molecule has 2 aliphatic rings. The number of hydrogen-bond acceptors (Lipinski definition) is 4. The van der Waals surface area contributed by atoms with Crippen LogP contribution in [0.15, 0.2) is 0 Å². The molecule has 0 bridgehead atoms. The standard InChI is InChI=1S/C11H20N2O2S/c14-9-3-1-2-8(6-9)13-11(15)10-7-16-5-4-12-10/h8-10,12,14H,1-7H2,(H,13,15). The van der Waals surface area contributed by atoms with Crippen LogP contribution in [0.5, 0.6) is 0 Å². The lowest BCUT2D eigenvalue weighted by Gasteiger charge is -2.29. The SMILES string of the molecule is O=C(NC1CCCC(O)C1)C1CSCCN1. The summed E-state index contributed by atoms with van der Waals surface area (Å²) in [7, 11) is 0. The lowest BCUT2D eigenvalue weighted by atomic mass is 9.93. The van der Waals surface area contributed by atoms with E-state index in [4.69, 9.17) is 0 Å². The van der Waals surface area contributed by atoms with Crippen molar-refractivity contribution in [2.75, 3.05) is 18.1 Å². The van der Waals surface area contributed by atoms with Gasteiger partial charge in [-0.25, -0.2) is 0 Å². The van der Waals surface area contributed by atoms with Crippen LogP contribution in [-0.2, 0) is 4.79 Å². The fourth-order valence-corrected chi connectivity index (χ4v) is 3.26. The Morgan fingerprint density at radius 1 is 1.44 bits per heavy atom. The average Bonchev–Trinajstić information content (AvgIpc) is 2.30. The molecule has 1 aliphatic heterocycles. The molecule has 1 saturated heterocycles. The molecule has 3 unspecified atom stereocenters. The van der Waals surface area contributed by atoms with Crippen LogP contribution in [0.2, 0.25) is 0 Å². The summed E-state index contributed by atoms with van der Waals surface area (Å²) in [6.45, 7) is 0.913. The minimum Gasteiger partial charge on any atom is -0.393 e. The predicted molar refractivity (Wildman–Crippen MR) is 65.5 cm³/mol. The van der Waals surface area contributed by atoms with E-state index in [1.807, 2.05) is 11.8 Å². The summed E-state index contributed by atoms with van der Waals surface area (Å²) in [6.07, 6.45) is 3.38. The average molecular weight is 244 g/mol. The fraction of sp³-hybridized carbons (Fsp3) is 0.909. The van der Waals surface area contributed by atoms with E-state index in [9.17, 15) is 9.90 Å². The Kier molecular flexibility index (Phi) is 4.49. The minimum absolute atomic E-state index is 0.0437. The zero-order chi connectivity index (χ0) is 11.4. The molecule has 0 aromatic heterocycles. The summed E-state index contributed by atoms with van der Waals surface area (Å²) >= 11 is 1.82. The van der Waals surface area contributed by atoms with E-state index in [-0.39, 0.29) is 24.1 Å². The topological polar surface area (TPSA) is 61.4 Å². The van der Waals surface area contributed by atoms with E-state index in [0.29, 0.717) is 6.42 Å². The maximum absolute atomic E-state index is 11.9. The van der Waals surface area contributed by atoms with Crippen molar-refractivity contribution in [1.29, 1.82) is 0 Å². The molecular formula is C11H20N2O2S. The third-order valence-corrected chi connectivity index (χ3v) is 4.29. The first-order valence-electron chi connectivity index (χ1n) is 6.05. The molecule has 0 aromatic carbocycles. The first-order valence-corrected chi connectivity index (χ1v) is 7.21. The number of carbonyl (C=O) groups excluding carboxylic acids is 1. The second kappa shape index (κ2) is 5.89. The van der Waals surface area contributed by atoms with Crippen molar-refractivity contribution in [2.45, 2.75) is 43.9 Å². The molecule has 1 heterocycles. The molecule has 16 heavy (non-hydrogen) atoms. The molecule has 4 nitrogen and oxygen atoms in total. The van der Waals surface area contributed by atoms with Gasteiger partial charge in [0.2, 0.25) is 5.91 Å². The van der Waals surface area contributed by atoms with Crippen molar-refractivity contribution in [3.63, 3.8) is 0 Å². The lowest BCUT2D eigenvalue weighted by Crippen LogP contribution is -2.52. The van der Waals surface area contributed by atoms with Gasteiger partial charge in [0, 0.05) is 24.1 Å². The highest BCUT2D eigenvalue weighted by molar-refractivity contribution is 7.99. The van der Waals surface area contributed by atoms with Crippen molar-refractivity contribution in [1.82, 2.24) is 10.6 Å². The molecule has 92 valence electrons. The summed E-state index contributed by atoms with van der Waals surface area (Å²) in [6, 6.07) is 0.128. The second-order valence-corrected chi connectivity index (χ2v) is 5.76. The van der Waals surface area contributed by atoms with Crippen LogP contribution >= 0.6 is 11.8 Å². The van der Waals surface area contributed by atoms with Crippen LogP contribution in [0.25, 0.3) is 0 Å². The fourth-order valence-electron chi connectivity index (χ4n) is 2.33. The molecule has 3 atom stereocenters. The molecule has 0 spiro atoms. The molecule has 1 amide bonds. The Morgan fingerprint density at radius 2 is 2.31 bits per heavy atom. The van der Waals surface area contributed by atoms with Gasteiger partial charge in [-0.1, -0.05) is 0 Å². The van der Waals surface area contributed by atoms with Gasteiger partial charge in [-0.2, -0.15) is 11.8 Å². The number of nitrogens with one attached hydrogen (secondary N) is 2. The lowest BCUT2D eigenvalue weighted by molar-refractivity contribution is -0.123. The van der Waals surface area contributed by atoms with Gasteiger partial charge >= 0.3 is 0 Å². The van der Waals surface area contributed by atoms with Gasteiger partial charge in [0.05, 0.1) is 12.1 Å². The maximum atomic E-state index is 11.9. The van der Waals surface area contributed by atoms with E-state index in [1.165, 1.54) is 0 Å². The summed E-state index contributed by atoms with van der Waals surface area (Å²) < 4.78 is 0. The Balaban J connectivity index is 1.77. The molecule has 1 saturated carbocycles. The highest BCUT2D eigenvalue weighted by atomic mass is 32.2. The maximum Gasteiger partial charge on any atom is 0.238 e. The molecule has 0 aromatic rings. The van der Waals surface area contributed by atoms with Crippen LogP contribution in [-0.4, -0.2) is 47.3 Å². The van der Waals surface area contributed by atoms with Gasteiger partial charge in [-0.3, -0.25) is 4.79 Å². The van der Waals surface area contributed by atoms with E-state index >= 15 is 0 Å². The van der Waals surface area contributed by atoms with E-state index < -0.39 is 0 Å². The van der Waals surface area contributed by atoms with E-state index in [1.54, 1.807) is 0 Å². The first-order chi connectivity index (χ1) is 7.75. The molecule has 0 radical (unpaired) electrons. The predicted octanol–water partition coefficient (Wildman–Crippen LogP) is 0.111. The largest absolute Gasteiger partial charge is 0.393 e. The van der Waals surface area contributed by atoms with Crippen LogP contribution in [0, 0.1) is 0 Å². The number of aliphatic hydroxyl groups excluding tert-OH is 1. The minimum atomic E-state index is -0.229. The van der Waals surface area contributed by atoms with Crippen LogP contribution in [0.3, 0.4) is 0 Å². The number of amides is 1. The van der Waals surface area contributed by atoms with Crippen molar-refractivity contribution in [3.05, 3.63) is 0 Å². The second-order valence-electron chi connectivity index (χ2n) is 4.61. The van der Waals surface area contributed by atoms with Crippen molar-refractivity contribution >= 4 is 17.7 Å². The molecule has 2 rings (SSSR count). The van der Waals surface area contributed by atoms with E-state index in [2.05, 4.69) is 10.6 Å². The third kappa shape index (κ3) is 3.37. The van der Waals surface area contributed by atoms with Gasteiger partial charge in [-0.05, 0) is 25.7 Å². The Labute approximate surface area is 101 Å². The smallest absolute Gasteiger partial charge is 0.238 e.